The van der Waals surface area contributed by atoms with Crippen molar-refractivity contribution in [1.29, 1.82) is 0 Å². The van der Waals surface area contributed by atoms with Gasteiger partial charge in [0.25, 0.3) is 5.91 Å². The van der Waals surface area contributed by atoms with Crippen LogP contribution in [0.2, 0.25) is 0 Å². The first-order valence-electron chi connectivity index (χ1n) is 8.17. The minimum Gasteiger partial charge on any atom is -0.366 e. The van der Waals surface area contributed by atoms with Crippen molar-refractivity contribution in [3.63, 3.8) is 0 Å². The van der Waals surface area contributed by atoms with Crippen molar-refractivity contribution in [2.24, 2.45) is 5.73 Å². The van der Waals surface area contributed by atoms with E-state index in [1.165, 1.54) is 11.1 Å². The maximum Gasteiger partial charge on any atom is 0.250 e. The van der Waals surface area contributed by atoms with E-state index in [0.29, 0.717) is 5.56 Å². The fourth-order valence-electron chi connectivity index (χ4n) is 3.03. The second kappa shape index (κ2) is 6.75. The minimum absolute atomic E-state index is 0.376. The van der Waals surface area contributed by atoms with Crippen LogP contribution in [0.1, 0.15) is 27.2 Å². The molecule has 0 aliphatic carbocycles. The van der Waals surface area contributed by atoms with Crippen molar-refractivity contribution < 1.29 is 4.79 Å². The van der Waals surface area contributed by atoms with Crippen molar-refractivity contribution in [2.45, 2.75) is 26.8 Å². The van der Waals surface area contributed by atoms with Gasteiger partial charge in [-0.05, 0) is 37.5 Å². The Balaban J connectivity index is 1.99. The summed E-state index contributed by atoms with van der Waals surface area (Å²) in [5.41, 5.74) is 11.7. The summed E-state index contributed by atoms with van der Waals surface area (Å²) in [5, 5.41) is 0. The molecule has 0 unspecified atom stereocenters. The molecule has 0 aliphatic heterocycles. The molecule has 3 heteroatoms. The highest BCUT2D eigenvalue weighted by atomic mass is 16.1. The molecular weight excluding hydrogens is 296 g/mol. The average Bonchev–Trinajstić information content (AvgIpc) is 2.91. The maximum absolute atomic E-state index is 11.8. The topological polar surface area (TPSA) is 48.0 Å². The smallest absolute Gasteiger partial charge is 0.250 e. The van der Waals surface area contributed by atoms with E-state index in [0.717, 1.165) is 29.9 Å². The molecular formula is C21H22N2O. The van der Waals surface area contributed by atoms with Gasteiger partial charge in [0.05, 0.1) is 5.56 Å². The molecule has 2 aromatic carbocycles. The largest absolute Gasteiger partial charge is 0.366 e. The molecule has 0 aliphatic rings. The number of aryl methyl sites for hydroxylation is 2. The lowest BCUT2D eigenvalue weighted by Gasteiger charge is -2.12. The molecule has 122 valence electrons. The van der Waals surface area contributed by atoms with Gasteiger partial charge in [-0.25, -0.2) is 0 Å². The Labute approximate surface area is 142 Å². The lowest BCUT2D eigenvalue weighted by atomic mass is 10.1. The predicted molar refractivity (Wildman–Crippen MR) is 98.0 cm³/mol. The second-order valence-corrected chi connectivity index (χ2v) is 6.15. The van der Waals surface area contributed by atoms with E-state index in [-0.39, 0.29) is 5.91 Å². The maximum atomic E-state index is 11.8. The quantitative estimate of drug-likeness (QED) is 0.756. The summed E-state index contributed by atoms with van der Waals surface area (Å²) in [6.45, 7) is 4.84. The summed E-state index contributed by atoms with van der Waals surface area (Å²) in [6, 6.07) is 20.6. The van der Waals surface area contributed by atoms with Crippen LogP contribution in [0.15, 0.2) is 60.7 Å². The number of carbonyl (C=O) groups is 1. The number of carbonyl (C=O) groups excluding carboxylic acids is 1. The number of primary amides is 1. The summed E-state index contributed by atoms with van der Waals surface area (Å²) in [5.74, 6) is -0.376. The molecule has 3 rings (SSSR count). The van der Waals surface area contributed by atoms with Gasteiger partial charge < -0.3 is 10.3 Å². The van der Waals surface area contributed by atoms with Gasteiger partial charge in [0.1, 0.15) is 0 Å². The Kier molecular flexibility index (Phi) is 4.52. The standard InChI is InChI=1S/C21H22N2O/c1-15-8-10-18(11-9-15)20-14-19(21(22)24)16(2)23(20)13-12-17-6-4-3-5-7-17/h3-11,14H,12-13H2,1-2H3,(H2,22,24). The molecule has 0 spiro atoms. The third-order valence-corrected chi connectivity index (χ3v) is 4.45. The van der Waals surface area contributed by atoms with E-state index in [9.17, 15) is 4.79 Å². The van der Waals surface area contributed by atoms with Gasteiger partial charge in [-0.1, -0.05) is 60.2 Å². The SMILES string of the molecule is Cc1ccc(-c2cc(C(N)=O)c(C)n2CCc2ccccc2)cc1. The highest BCUT2D eigenvalue weighted by molar-refractivity contribution is 5.95. The highest BCUT2D eigenvalue weighted by Crippen LogP contribution is 2.26. The van der Waals surface area contributed by atoms with Crippen molar-refractivity contribution >= 4 is 5.91 Å². The zero-order valence-corrected chi connectivity index (χ0v) is 14.1. The zero-order chi connectivity index (χ0) is 17.1. The fraction of sp³-hybridized carbons (Fsp3) is 0.190. The van der Waals surface area contributed by atoms with Crippen LogP contribution < -0.4 is 5.73 Å². The van der Waals surface area contributed by atoms with Gasteiger partial charge in [-0.15, -0.1) is 0 Å². The van der Waals surface area contributed by atoms with E-state index in [1.807, 2.05) is 31.2 Å². The molecule has 24 heavy (non-hydrogen) atoms. The van der Waals surface area contributed by atoms with Crippen LogP contribution in [0, 0.1) is 13.8 Å². The summed E-state index contributed by atoms with van der Waals surface area (Å²) in [6.07, 6.45) is 0.910. The Morgan fingerprint density at radius 1 is 1.00 bits per heavy atom. The Morgan fingerprint density at radius 2 is 1.67 bits per heavy atom. The number of amides is 1. The normalized spacial score (nSPS) is 10.8. The van der Waals surface area contributed by atoms with Gasteiger partial charge in [0.15, 0.2) is 0 Å². The van der Waals surface area contributed by atoms with Crippen LogP contribution in [-0.2, 0) is 13.0 Å². The number of nitrogens with zero attached hydrogens (tertiary/aromatic N) is 1. The number of hydrogen-bond donors (Lipinski definition) is 1. The van der Waals surface area contributed by atoms with E-state index in [1.54, 1.807) is 0 Å². The second-order valence-electron chi connectivity index (χ2n) is 6.15. The zero-order valence-electron chi connectivity index (χ0n) is 14.1. The molecule has 3 nitrogen and oxygen atoms in total. The molecule has 0 saturated carbocycles. The van der Waals surface area contributed by atoms with Gasteiger partial charge in [0.2, 0.25) is 0 Å². The molecule has 1 aromatic heterocycles. The number of nitrogens with two attached hydrogens (primary N) is 1. The first-order valence-corrected chi connectivity index (χ1v) is 8.17. The van der Waals surface area contributed by atoms with Crippen LogP contribution in [-0.4, -0.2) is 10.5 Å². The summed E-state index contributed by atoms with van der Waals surface area (Å²) >= 11 is 0. The van der Waals surface area contributed by atoms with Gasteiger partial charge in [-0.2, -0.15) is 0 Å². The van der Waals surface area contributed by atoms with Crippen molar-refractivity contribution in [2.75, 3.05) is 0 Å². The highest BCUT2D eigenvalue weighted by Gasteiger charge is 2.16. The van der Waals surface area contributed by atoms with Crippen molar-refractivity contribution in [3.8, 4) is 11.3 Å². The van der Waals surface area contributed by atoms with Crippen LogP contribution in [0.25, 0.3) is 11.3 Å². The number of hydrogen-bond acceptors (Lipinski definition) is 1. The Morgan fingerprint density at radius 3 is 2.29 bits per heavy atom. The van der Waals surface area contributed by atoms with Crippen LogP contribution in [0.5, 0.6) is 0 Å². The summed E-state index contributed by atoms with van der Waals surface area (Å²) < 4.78 is 2.19. The van der Waals surface area contributed by atoms with E-state index in [2.05, 4.69) is 47.9 Å². The lowest BCUT2D eigenvalue weighted by Crippen LogP contribution is -2.13. The fourth-order valence-corrected chi connectivity index (χ4v) is 3.03. The van der Waals surface area contributed by atoms with Crippen LogP contribution in [0.3, 0.4) is 0 Å². The number of benzene rings is 2. The number of aromatic nitrogens is 1. The van der Waals surface area contributed by atoms with E-state index < -0.39 is 0 Å². The molecule has 1 heterocycles. The Hall–Kier alpha value is -2.81. The van der Waals surface area contributed by atoms with Crippen LogP contribution in [0.4, 0.5) is 0 Å². The van der Waals surface area contributed by atoms with E-state index >= 15 is 0 Å². The summed E-state index contributed by atoms with van der Waals surface area (Å²) in [4.78, 5) is 11.8. The van der Waals surface area contributed by atoms with Gasteiger partial charge in [-0.3, -0.25) is 4.79 Å². The first-order chi connectivity index (χ1) is 11.6. The third kappa shape index (κ3) is 3.25. The van der Waals surface area contributed by atoms with Crippen molar-refractivity contribution in [1.82, 2.24) is 4.57 Å². The molecule has 0 bridgehead atoms. The van der Waals surface area contributed by atoms with Gasteiger partial charge >= 0.3 is 0 Å². The van der Waals surface area contributed by atoms with Gasteiger partial charge in [0, 0.05) is 17.9 Å². The summed E-state index contributed by atoms with van der Waals surface area (Å²) in [7, 11) is 0. The Bertz CT molecular complexity index is 846. The molecule has 0 fully saturated rings. The number of rotatable bonds is 5. The van der Waals surface area contributed by atoms with Crippen molar-refractivity contribution in [3.05, 3.63) is 83.0 Å². The lowest BCUT2D eigenvalue weighted by molar-refractivity contribution is 0.0999. The molecule has 0 radical (unpaired) electrons. The monoisotopic (exact) mass is 318 g/mol. The molecule has 0 saturated heterocycles. The molecule has 1 amide bonds. The van der Waals surface area contributed by atoms with Crippen LogP contribution >= 0.6 is 0 Å². The molecule has 3 aromatic rings. The molecule has 2 N–H and O–H groups in total. The average molecular weight is 318 g/mol. The predicted octanol–water partition coefficient (Wildman–Crippen LogP) is 4.11. The third-order valence-electron chi connectivity index (χ3n) is 4.45. The first kappa shape index (κ1) is 16.1. The minimum atomic E-state index is -0.376. The molecule has 0 atom stereocenters. The van der Waals surface area contributed by atoms with E-state index in [4.69, 9.17) is 5.73 Å².